The fourth-order valence-corrected chi connectivity index (χ4v) is 4.43. The third-order valence-corrected chi connectivity index (χ3v) is 6.04. The number of carboxylic acid groups (broad SMARTS) is 1. The molecule has 0 saturated heterocycles. The molecular formula is C24H24ClNO4. The number of aromatic nitrogens is 1. The Morgan fingerprint density at radius 2 is 2.13 bits per heavy atom. The minimum atomic E-state index is -0.741. The summed E-state index contributed by atoms with van der Waals surface area (Å²) in [5, 5.41) is 10.0. The Morgan fingerprint density at radius 1 is 1.33 bits per heavy atom. The smallest absolute Gasteiger partial charge is 0.307 e. The van der Waals surface area contributed by atoms with Gasteiger partial charge in [-0.15, -0.1) is 0 Å². The van der Waals surface area contributed by atoms with Crippen LogP contribution in [0.25, 0.3) is 11.5 Å². The number of halogens is 1. The lowest BCUT2D eigenvalue weighted by atomic mass is 9.85. The highest BCUT2D eigenvalue weighted by molar-refractivity contribution is 6.32. The number of fused-ring (bicyclic) bond motifs is 1. The molecule has 0 saturated carbocycles. The lowest BCUT2D eigenvalue weighted by Gasteiger charge is -2.19. The molecule has 2 aromatic carbocycles. The van der Waals surface area contributed by atoms with E-state index in [4.69, 9.17) is 20.8 Å². The molecular weight excluding hydrogens is 402 g/mol. The second-order valence-electron chi connectivity index (χ2n) is 7.59. The van der Waals surface area contributed by atoms with E-state index in [2.05, 4.69) is 4.98 Å². The number of carbonyl (C=O) groups is 1. The molecule has 1 aliphatic carbocycles. The van der Waals surface area contributed by atoms with Gasteiger partial charge in [-0.2, -0.15) is 0 Å². The zero-order chi connectivity index (χ0) is 21.1. The molecule has 0 bridgehead atoms. The van der Waals surface area contributed by atoms with Crippen LogP contribution in [0.3, 0.4) is 0 Å². The Balaban J connectivity index is 1.41. The number of hydrogen-bond donors (Lipinski definition) is 1. The first-order valence-corrected chi connectivity index (χ1v) is 10.6. The number of oxazole rings is 1. The third-order valence-electron chi connectivity index (χ3n) is 5.75. The topological polar surface area (TPSA) is 72.6 Å². The highest BCUT2D eigenvalue weighted by Crippen LogP contribution is 2.43. The van der Waals surface area contributed by atoms with Gasteiger partial charge in [-0.3, -0.25) is 4.79 Å². The van der Waals surface area contributed by atoms with Crippen LogP contribution in [-0.4, -0.2) is 22.7 Å². The zero-order valence-electron chi connectivity index (χ0n) is 16.8. The second kappa shape index (κ2) is 8.92. The van der Waals surface area contributed by atoms with Crippen molar-refractivity contribution in [2.75, 3.05) is 6.61 Å². The molecule has 30 heavy (non-hydrogen) atoms. The first kappa shape index (κ1) is 20.5. The summed E-state index contributed by atoms with van der Waals surface area (Å²) in [6, 6.07) is 13.6. The minimum Gasteiger partial charge on any atom is -0.492 e. The van der Waals surface area contributed by atoms with Gasteiger partial charge >= 0.3 is 5.97 Å². The van der Waals surface area contributed by atoms with Crippen LogP contribution in [0.2, 0.25) is 5.02 Å². The number of hydrogen-bond acceptors (Lipinski definition) is 4. The van der Waals surface area contributed by atoms with Gasteiger partial charge < -0.3 is 14.3 Å². The highest BCUT2D eigenvalue weighted by atomic mass is 35.5. The van der Waals surface area contributed by atoms with Crippen molar-refractivity contribution in [3.63, 3.8) is 0 Å². The maximum absolute atomic E-state index is 11.6. The van der Waals surface area contributed by atoms with Crippen LogP contribution in [-0.2, 0) is 17.6 Å². The molecule has 3 aromatic rings. The van der Waals surface area contributed by atoms with Crippen molar-refractivity contribution >= 4 is 17.6 Å². The minimum absolute atomic E-state index is 0.0144. The van der Waals surface area contributed by atoms with E-state index in [1.165, 1.54) is 0 Å². The Hall–Kier alpha value is -2.79. The average Bonchev–Trinajstić information content (AvgIpc) is 3.37. The lowest BCUT2D eigenvalue weighted by Crippen LogP contribution is -2.19. The van der Waals surface area contributed by atoms with E-state index < -0.39 is 5.97 Å². The molecule has 1 heterocycles. The Morgan fingerprint density at radius 3 is 2.87 bits per heavy atom. The van der Waals surface area contributed by atoms with Gasteiger partial charge in [-0.25, -0.2) is 4.98 Å². The van der Waals surface area contributed by atoms with E-state index in [-0.39, 0.29) is 11.8 Å². The predicted molar refractivity (Wildman–Crippen MR) is 115 cm³/mol. The Bertz CT molecular complexity index is 1030. The number of aliphatic carboxylic acids is 1. The van der Waals surface area contributed by atoms with Gasteiger partial charge in [-0.1, -0.05) is 36.7 Å². The summed E-state index contributed by atoms with van der Waals surface area (Å²) in [7, 11) is 0. The van der Waals surface area contributed by atoms with E-state index >= 15 is 0 Å². The van der Waals surface area contributed by atoms with Gasteiger partial charge in [0, 0.05) is 12.0 Å². The van der Waals surface area contributed by atoms with Crippen molar-refractivity contribution in [2.45, 2.75) is 38.5 Å². The molecule has 0 amide bonds. The van der Waals surface area contributed by atoms with Crippen LogP contribution in [0.1, 0.15) is 42.5 Å². The maximum Gasteiger partial charge on any atom is 0.307 e. The quantitative estimate of drug-likeness (QED) is 0.497. The highest BCUT2D eigenvalue weighted by Gasteiger charge is 2.33. The molecule has 0 fully saturated rings. The largest absolute Gasteiger partial charge is 0.492 e. The van der Waals surface area contributed by atoms with Crippen molar-refractivity contribution in [3.05, 3.63) is 70.6 Å². The van der Waals surface area contributed by atoms with Gasteiger partial charge in [-0.05, 0) is 60.6 Å². The number of carboxylic acids is 1. The zero-order valence-corrected chi connectivity index (χ0v) is 17.6. The van der Waals surface area contributed by atoms with Crippen molar-refractivity contribution in [1.29, 1.82) is 0 Å². The fourth-order valence-electron chi connectivity index (χ4n) is 4.20. The summed E-state index contributed by atoms with van der Waals surface area (Å²) in [5.41, 5.74) is 3.93. The van der Waals surface area contributed by atoms with Gasteiger partial charge in [0.25, 0.3) is 0 Å². The van der Waals surface area contributed by atoms with E-state index in [1.807, 2.05) is 49.4 Å². The number of nitrogens with zero attached hydrogens (tertiary/aromatic N) is 1. The normalized spacial score (nSPS) is 16.3. The fraction of sp³-hybridized carbons (Fsp3) is 0.333. The molecule has 2 unspecified atom stereocenters. The monoisotopic (exact) mass is 425 g/mol. The summed E-state index contributed by atoms with van der Waals surface area (Å²) >= 11 is 6.46. The van der Waals surface area contributed by atoms with Gasteiger partial charge in [0.1, 0.15) is 12.0 Å². The first-order chi connectivity index (χ1) is 14.6. The van der Waals surface area contributed by atoms with Crippen LogP contribution in [0.15, 0.2) is 53.1 Å². The molecule has 6 heteroatoms. The van der Waals surface area contributed by atoms with Crippen LogP contribution < -0.4 is 4.74 Å². The third kappa shape index (κ3) is 4.21. The molecule has 5 nitrogen and oxygen atoms in total. The van der Waals surface area contributed by atoms with Gasteiger partial charge in [0.05, 0.1) is 23.2 Å². The molecule has 0 aliphatic heterocycles. The van der Waals surface area contributed by atoms with E-state index in [9.17, 15) is 9.90 Å². The second-order valence-corrected chi connectivity index (χ2v) is 8.00. The summed E-state index contributed by atoms with van der Waals surface area (Å²) < 4.78 is 11.5. The van der Waals surface area contributed by atoms with Crippen LogP contribution in [0, 0.1) is 5.92 Å². The number of ether oxygens (including phenoxy) is 1. The molecule has 1 aliphatic rings. The number of aryl methyl sites for hydroxylation is 1. The predicted octanol–water partition coefficient (Wildman–Crippen LogP) is 5.76. The Labute approximate surface area is 180 Å². The molecule has 156 valence electrons. The summed E-state index contributed by atoms with van der Waals surface area (Å²) in [6.45, 7) is 2.35. The van der Waals surface area contributed by atoms with Gasteiger partial charge in [0.2, 0.25) is 5.89 Å². The van der Waals surface area contributed by atoms with Crippen molar-refractivity contribution in [2.24, 2.45) is 5.92 Å². The van der Waals surface area contributed by atoms with Crippen molar-refractivity contribution < 1.29 is 19.1 Å². The molecule has 1 N–H and O–H groups in total. The Kier molecular flexibility index (Phi) is 6.09. The number of rotatable bonds is 8. The molecule has 2 atom stereocenters. The SMILES string of the molecule is CCC(C(=O)O)C1CCc2cc(OCCc3coc(-c4ccccc4)n3)c(Cl)cc21. The maximum atomic E-state index is 11.6. The molecule has 0 radical (unpaired) electrons. The van der Waals surface area contributed by atoms with Crippen molar-refractivity contribution in [3.8, 4) is 17.2 Å². The first-order valence-electron chi connectivity index (χ1n) is 10.2. The number of benzene rings is 2. The van der Waals surface area contributed by atoms with E-state index in [0.717, 1.165) is 35.2 Å². The standard InChI is InChI=1S/C24H24ClNO4/c1-2-18(24(27)28)19-9-8-16-12-22(21(25)13-20(16)19)29-11-10-17-14-30-23(26-17)15-6-4-3-5-7-15/h3-7,12-14,18-19H,2,8-11H2,1H3,(H,27,28). The van der Waals surface area contributed by atoms with Crippen molar-refractivity contribution in [1.82, 2.24) is 4.98 Å². The van der Waals surface area contributed by atoms with Crippen LogP contribution >= 0.6 is 11.6 Å². The summed E-state index contributed by atoms with van der Waals surface area (Å²) in [6.07, 6.45) is 4.54. The average molecular weight is 426 g/mol. The van der Waals surface area contributed by atoms with Crippen LogP contribution in [0.4, 0.5) is 0 Å². The lowest BCUT2D eigenvalue weighted by molar-refractivity contribution is -0.142. The molecule has 0 spiro atoms. The van der Waals surface area contributed by atoms with E-state index in [0.29, 0.717) is 36.1 Å². The van der Waals surface area contributed by atoms with Crippen LogP contribution in [0.5, 0.6) is 5.75 Å². The summed E-state index contributed by atoms with van der Waals surface area (Å²) in [4.78, 5) is 16.1. The van der Waals surface area contributed by atoms with Gasteiger partial charge in [0.15, 0.2) is 0 Å². The molecule has 4 rings (SSSR count). The summed E-state index contributed by atoms with van der Waals surface area (Å²) in [5.74, 6) is 0.122. The molecule has 1 aromatic heterocycles. The van der Waals surface area contributed by atoms with E-state index in [1.54, 1.807) is 6.26 Å².